The fourth-order valence-electron chi connectivity index (χ4n) is 2.78. The number of hydrogen-bond acceptors (Lipinski definition) is 3. The summed E-state index contributed by atoms with van der Waals surface area (Å²) in [4.78, 5) is 4.75. The van der Waals surface area contributed by atoms with E-state index in [2.05, 4.69) is 52.2 Å². The maximum Gasteiger partial charge on any atom is 0.192 e. The van der Waals surface area contributed by atoms with Crippen molar-refractivity contribution >= 4 is 29.9 Å². The fourth-order valence-corrected chi connectivity index (χ4v) is 2.78. The third kappa shape index (κ3) is 5.82. The lowest BCUT2D eigenvalue weighted by atomic mass is 10.1. The first-order valence-corrected chi connectivity index (χ1v) is 9.08. The van der Waals surface area contributed by atoms with Crippen LogP contribution in [0, 0.1) is 6.92 Å². The summed E-state index contributed by atoms with van der Waals surface area (Å²) in [5, 5.41) is 15.2. The van der Waals surface area contributed by atoms with Crippen molar-refractivity contribution in [3.05, 3.63) is 71.6 Å². The normalized spacial score (nSPS) is 12.4. The van der Waals surface area contributed by atoms with Gasteiger partial charge in [-0.05, 0) is 31.0 Å². The van der Waals surface area contributed by atoms with Crippen molar-refractivity contribution in [2.24, 2.45) is 19.1 Å². The topological polar surface area (TPSA) is 72.1 Å². The smallest absolute Gasteiger partial charge is 0.192 e. The van der Waals surface area contributed by atoms with Gasteiger partial charge in [-0.1, -0.05) is 30.3 Å². The Morgan fingerprint density at radius 3 is 2.50 bits per heavy atom. The van der Waals surface area contributed by atoms with Crippen LogP contribution in [0.25, 0.3) is 0 Å². The summed E-state index contributed by atoms with van der Waals surface area (Å²) in [6.07, 6.45) is 4.11. The predicted octanol–water partition coefficient (Wildman–Crippen LogP) is 3.08. The van der Waals surface area contributed by atoms with E-state index in [0.717, 1.165) is 17.6 Å². The largest absolute Gasteiger partial charge is 0.357 e. The molecule has 0 fully saturated rings. The SMILES string of the molecule is Cc1nnc(CNC(=NCc2ccn(C)c2)NC(C)c2ccccc2)n1C.I. The van der Waals surface area contributed by atoms with E-state index in [1.807, 2.05) is 54.5 Å². The first kappa shape index (κ1) is 21.9. The number of aromatic nitrogens is 4. The molecule has 28 heavy (non-hydrogen) atoms. The Hall–Kier alpha value is -2.36. The number of rotatable bonds is 6. The van der Waals surface area contributed by atoms with E-state index in [1.165, 1.54) is 11.1 Å². The van der Waals surface area contributed by atoms with Crippen LogP contribution in [-0.4, -0.2) is 25.3 Å². The minimum absolute atomic E-state index is 0. The molecule has 0 aliphatic carbocycles. The second-order valence-electron chi connectivity index (χ2n) is 6.70. The molecule has 0 bridgehead atoms. The monoisotopic (exact) mass is 493 g/mol. The molecule has 1 unspecified atom stereocenters. The number of hydrogen-bond donors (Lipinski definition) is 2. The average molecular weight is 493 g/mol. The molecule has 0 spiro atoms. The Morgan fingerprint density at radius 2 is 1.89 bits per heavy atom. The zero-order valence-electron chi connectivity index (χ0n) is 16.8. The average Bonchev–Trinajstić information content (AvgIpc) is 3.24. The molecule has 150 valence electrons. The molecule has 2 aromatic heterocycles. The van der Waals surface area contributed by atoms with E-state index >= 15 is 0 Å². The molecule has 3 rings (SSSR count). The highest BCUT2D eigenvalue weighted by molar-refractivity contribution is 14.0. The van der Waals surface area contributed by atoms with Crippen molar-refractivity contribution in [1.29, 1.82) is 0 Å². The van der Waals surface area contributed by atoms with Gasteiger partial charge in [0.05, 0.1) is 19.1 Å². The molecule has 0 aliphatic heterocycles. The highest BCUT2D eigenvalue weighted by atomic mass is 127. The quantitative estimate of drug-likeness (QED) is 0.315. The Balaban J connectivity index is 0.00000280. The molecule has 0 radical (unpaired) electrons. The highest BCUT2D eigenvalue weighted by Gasteiger charge is 2.10. The molecule has 3 aromatic rings. The Bertz CT molecular complexity index is 898. The van der Waals surface area contributed by atoms with Gasteiger partial charge in [-0.2, -0.15) is 0 Å². The number of aliphatic imine (C=N–C) groups is 1. The molecule has 0 amide bonds. The fraction of sp³-hybridized carbons (Fsp3) is 0.350. The molecule has 7 nitrogen and oxygen atoms in total. The lowest BCUT2D eigenvalue weighted by Gasteiger charge is -2.18. The van der Waals surface area contributed by atoms with E-state index in [0.29, 0.717) is 13.1 Å². The molecule has 0 saturated carbocycles. The van der Waals surface area contributed by atoms with E-state index in [-0.39, 0.29) is 30.0 Å². The zero-order valence-corrected chi connectivity index (χ0v) is 19.1. The standard InChI is InChI=1S/C20H27N7.HI/c1-15(18-8-6-5-7-9-18)23-20(21-12-17-10-11-26(3)14-17)22-13-19-25-24-16(2)27(19)4;/h5-11,14-15H,12-13H2,1-4H3,(H2,21,22,23);1H. The minimum atomic E-state index is 0. The van der Waals surface area contributed by atoms with Crippen molar-refractivity contribution in [1.82, 2.24) is 30.0 Å². The molecule has 0 aliphatic rings. The van der Waals surface area contributed by atoms with E-state index < -0.39 is 0 Å². The lowest BCUT2D eigenvalue weighted by molar-refractivity contribution is 0.664. The number of nitrogens with one attached hydrogen (secondary N) is 2. The van der Waals surface area contributed by atoms with Crippen LogP contribution in [0.4, 0.5) is 0 Å². The van der Waals surface area contributed by atoms with Crippen LogP contribution in [-0.2, 0) is 27.2 Å². The highest BCUT2D eigenvalue weighted by Crippen LogP contribution is 2.11. The van der Waals surface area contributed by atoms with E-state index in [4.69, 9.17) is 4.99 Å². The van der Waals surface area contributed by atoms with Gasteiger partial charge in [-0.15, -0.1) is 34.2 Å². The lowest BCUT2D eigenvalue weighted by Crippen LogP contribution is -2.39. The molecular weight excluding hydrogens is 465 g/mol. The molecule has 8 heteroatoms. The molecule has 0 saturated heterocycles. The summed E-state index contributed by atoms with van der Waals surface area (Å²) in [7, 11) is 3.98. The first-order chi connectivity index (χ1) is 13.0. The summed E-state index contributed by atoms with van der Waals surface area (Å²) >= 11 is 0. The third-order valence-electron chi connectivity index (χ3n) is 4.56. The van der Waals surface area contributed by atoms with E-state index in [1.54, 1.807) is 0 Å². The first-order valence-electron chi connectivity index (χ1n) is 9.08. The second-order valence-corrected chi connectivity index (χ2v) is 6.70. The Labute approximate surface area is 183 Å². The predicted molar refractivity (Wildman–Crippen MR) is 123 cm³/mol. The van der Waals surface area contributed by atoms with Crippen LogP contribution < -0.4 is 10.6 Å². The van der Waals surface area contributed by atoms with Gasteiger partial charge < -0.3 is 19.8 Å². The van der Waals surface area contributed by atoms with Crippen molar-refractivity contribution < 1.29 is 0 Å². The van der Waals surface area contributed by atoms with Crippen LogP contribution in [0.5, 0.6) is 0 Å². The van der Waals surface area contributed by atoms with Gasteiger partial charge in [-0.25, -0.2) is 4.99 Å². The van der Waals surface area contributed by atoms with Gasteiger partial charge in [0.15, 0.2) is 11.8 Å². The maximum atomic E-state index is 4.75. The zero-order chi connectivity index (χ0) is 19.2. The van der Waals surface area contributed by atoms with Crippen LogP contribution in [0.3, 0.4) is 0 Å². The van der Waals surface area contributed by atoms with Crippen molar-refractivity contribution in [2.75, 3.05) is 0 Å². The second kappa shape index (κ2) is 10.3. The van der Waals surface area contributed by atoms with Crippen molar-refractivity contribution in [3.63, 3.8) is 0 Å². The number of aryl methyl sites for hydroxylation is 2. The Morgan fingerprint density at radius 1 is 1.14 bits per heavy atom. The summed E-state index contributed by atoms with van der Waals surface area (Å²) in [6.45, 7) is 5.23. The Kier molecular flexibility index (Phi) is 8.04. The number of halogens is 1. The van der Waals surface area contributed by atoms with Crippen molar-refractivity contribution in [2.45, 2.75) is 33.0 Å². The minimum Gasteiger partial charge on any atom is -0.357 e. The molecule has 2 heterocycles. The molecule has 1 aromatic carbocycles. The van der Waals surface area contributed by atoms with Gasteiger partial charge in [0, 0.05) is 26.5 Å². The summed E-state index contributed by atoms with van der Waals surface area (Å²) in [6, 6.07) is 12.5. The number of benzene rings is 1. The van der Waals surface area contributed by atoms with Gasteiger partial charge >= 0.3 is 0 Å². The third-order valence-corrected chi connectivity index (χ3v) is 4.56. The summed E-state index contributed by atoms with van der Waals surface area (Å²) in [5.41, 5.74) is 2.38. The maximum absolute atomic E-state index is 4.75. The summed E-state index contributed by atoms with van der Waals surface area (Å²) in [5.74, 6) is 2.50. The van der Waals surface area contributed by atoms with Gasteiger partial charge in [0.1, 0.15) is 5.82 Å². The number of guanidine groups is 1. The molecule has 1 atom stereocenters. The van der Waals surface area contributed by atoms with E-state index in [9.17, 15) is 0 Å². The summed E-state index contributed by atoms with van der Waals surface area (Å²) < 4.78 is 4.00. The van der Waals surface area contributed by atoms with Gasteiger partial charge in [-0.3, -0.25) is 0 Å². The van der Waals surface area contributed by atoms with Crippen LogP contribution >= 0.6 is 24.0 Å². The number of nitrogens with zero attached hydrogens (tertiary/aromatic N) is 5. The van der Waals surface area contributed by atoms with Gasteiger partial charge in [0.2, 0.25) is 0 Å². The molecule has 2 N–H and O–H groups in total. The van der Waals surface area contributed by atoms with Crippen LogP contribution in [0.15, 0.2) is 53.8 Å². The molecular formula is C20H28IN7. The van der Waals surface area contributed by atoms with Crippen LogP contribution in [0.2, 0.25) is 0 Å². The van der Waals surface area contributed by atoms with Crippen LogP contribution in [0.1, 0.15) is 35.7 Å². The van der Waals surface area contributed by atoms with Crippen molar-refractivity contribution in [3.8, 4) is 0 Å². The van der Waals surface area contributed by atoms with Gasteiger partial charge in [0.25, 0.3) is 0 Å².